The molecule has 9 heteroatoms. The fraction of sp³-hybridized carbons (Fsp3) is 0.462. The number of ether oxygens (including phenoxy) is 3. The van der Waals surface area contributed by atoms with Crippen LogP contribution in [0.15, 0.2) is 42.5 Å². The van der Waals surface area contributed by atoms with Gasteiger partial charge < -0.3 is 14.2 Å². The molecule has 0 N–H and O–H groups in total. The van der Waals surface area contributed by atoms with Crippen molar-refractivity contribution in [3.63, 3.8) is 0 Å². The Morgan fingerprint density at radius 1 is 0.971 bits per heavy atom. The van der Waals surface area contributed by atoms with Crippen LogP contribution in [0.3, 0.4) is 0 Å². The van der Waals surface area contributed by atoms with Gasteiger partial charge in [0, 0.05) is 18.0 Å². The highest BCUT2D eigenvalue weighted by atomic mass is 16.6. The van der Waals surface area contributed by atoms with E-state index in [1.54, 1.807) is 72.7 Å². The van der Waals surface area contributed by atoms with Crippen molar-refractivity contribution < 1.29 is 33.4 Å². The molecular weight excluding hydrogens is 452 g/mol. The largest absolute Gasteiger partial charge is 0.463 e. The minimum atomic E-state index is -0.868. The first-order chi connectivity index (χ1) is 16.2. The van der Waals surface area contributed by atoms with Crippen molar-refractivity contribution in [2.45, 2.75) is 66.1 Å². The number of aromatic nitrogens is 1. The highest BCUT2D eigenvalue weighted by Crippen LogP contribution is 2.24. The SMILES string of the molecule is CCOC(=O)/C=C/CCN(C(=O)OC(C)(C)C)C(=O)c1cc2ccccc2n1C(=O)OC(C)(C)C. The number of esters is 1. The molecule has 0 aliphatic heterocycles. The molecular formula is C26H34N2O7. The zero-order valence-corrected chi connectivity index (χ0v) is 21.4. The van der Waals surface area contributed by atoms with Gasteiger partial charge in [-0.3, -0.25) is 4.79 Å². The van der Waals surface area contributed by atoms with Gasteiger partial charge in [-0.1, -0.05) is 24.3 Å². The summed E-state index contributed by atoms with van der Waals surface area (Å²) in [5.41, 5.74) is -1.23. The second-order valence-corrected chi connectivity index (χ2v) is 9.78. The predicted octanol–water partition coefficient (Wildman–Crippen LogP) is 5.31. The Balaban J connectivity index is 2.46. The fourth-order valence-electron chi connectivity index (χ4n) is 3.12. The molecule has 1 aromatic carbocycles. The standard InChI is InChI=1S/C26H34N2O7/c1-8-33-21(29)15-11-12-16-27(23(31)34-25(2,3)4)22(30)20-17-18-13-9-10-14-19(18)28(20)24(32)35-26(5,6)7/h9-11,13-15,17H,8,12,16H2,1-7H3/b15-11+. The maximum absolute atomic E-state index is 13.6. The molecule has 0 saturated carbocycles. The van der Waals surface area contributed by atoms with Gasteiger partial charge >= 0.3 is 18.2 Å². The van der Waals surface area contributed by atoms with Gasteiger partial charge in [-0.05, 0) is 67.0 Å². The van der Waals surface area contributed by atoms with E-state index in [1.165, 1.54) is 18.2 Å². The van der Waals surface area contributed by atoms with E-state index in [4.69, 9.17) is 14.2 Å². The summed E-state index contributed by atoms with van der Waals surface area (Å²) in [7, 11) is 0. The summed E-state index contributed by atoms with van der Waals surface area (Å²) in [6.07, 6.45) is 1.31. The molecule has 190 valence electrons. The minimum absolute atomic E-state index is 0.0410. The number of carbonyl (C=O) groups excluding carboxylic acids is 4. The lowest BCUT2D eigenvalue weighted by molar-refractivity contribution is -0.137. The second-order valence-electron chi connectivity index (χ2n) is 9.78. The van der Waals surface area contributed by atoms with Gasteiger partial charge in [0.15, 0.2) is 0 Å². The van der Waals surface area contributed by atoms with Crippen LogP contribution in [0.25, 0.3) is 10.9 Å². The van der Waals surface area contributed by atoms with E-state index in [0.717, 1.165) is 9.47 Å². The van der Waals surface area contributed by atoms with Crippen LogP contribution in [0.4, 0.5) is 9.59 Å². The molecule has 0 saturated heterocycles. The summed E-state index contributed by atoms with van der Waals surface area (Å²) in [6, 6.07) is 8.50. The lowest BCUT2D eigenvalue weighted by Crippen LogP contribution is -2.42. The van der Waals surface area contributed by atoms with E-state index in [2.05, 4.69) is 0 Å². The molecule has 0 fully saturated rings. The zero-order valence-electron chi connectivity index (χ0n) is 21.4. The number of imide groups is 1. The second kappa shape index (κ2) is 11.2. The normalized spacial score (nSPS) is 12.0. The smallest absolute Gasteiger partial charge is 0.419 e. The van der Waals surface area contributed by atoms with Crippen molar-refractivity contribution in [3.8, 4) is 0 Å². The summed E-state index contributed by atoms with van der Waals surface area (Å²) >= 11 is 0. The third kappa shape index (κ3) is 7.98. The van der Waals surface area contributed by atoms with E-state index < -0.39 is 35.3 Å². The Kier molecular flexibility index (Phi) is 8.84. The highest BCUT2D eigenvalue weighted by Gasteiger charge is 2.32. The van der Waals surface area contributed by atoms with Crippen molar-refractivity contribution in [1.82, 2.24) is 9.47 Å². The van der Waals surface area contributed by atoms with Crippen LogP contribution >= 0.6 is 0 Å². The zero-order chi connectivity index (χ0) is 26.4. The number of rotatable bonds is 6. The van der Waals surface area contributed by atoms with Gasteiger partial charge in [-0.15, -0.1) is 0 Å². The van der Waals surface area contributed by atoms with Gasteiger partial charge in [0.2, 0.25) is 0 Å². The van der Waals surface area contributed by atoms with E-state index in [0.29, 0.717) is 10.9 Å². The van der Waals surface area contributed by atoms with Crippen LogP contribution < -0.4 is 0 Å². The van der Waals surface area contributed by atoms with Crippen LogP contribution in [-0.4, -0.2) is 57.9 Å². The molecule has 0 bridgehead atoms. The Morgan fingerprint density at radius 3 is 2.20 bits per heavy atom. The average Bonchev–Trinajstić information content (AvgIpc) is 3.10. The molecule has 0 spiro atoms. The van der Waals surface area contributed by atoms with Gasteiger partial charge in [-0.25, -0.2) is 23.9 Å². The number of benzene rings is 1. The van der Waals surface area contributed by atoms with Crippen LogP contribution in [-0.2, 0) is 19.0 Å². The number of hydrogen-bond donors (Lipinski definition) is 0. The molecule has 9 nitrogen and oxygen atoms in total. The van der Waals surface area contributed by atoms with Gasteiger partial charge in [0.25, 0.3) is 5.91 Å². The lowest BCUT2D eigenvalue weighted by atomic mass is 10.2. The lowest BCUT2D eigenvalue weighted by Gasteiger charge is -2.26. The van der Waals surface area contributed by atoms with Crippen molar-refractivity contribution >= 4 is 35.0 Å². The van der Waals surface area contributed by atoms with E-state index in [-0.39, 0.29) is 25.3 Å². The first-order valence-corrected chi connectivity index (χ1v) is 11.5. The molecule has 0 radical (unpaired) electrons. The first kappa shape index (κ1) is 27.6. The molecule has 0 aliphatic carbocycles. The summed E-state index contributed by atoms with van der Waals surface area (Å²) in [6.45, 7) is 12.1. The molecule has 35 heavy (non-hydrogen) atoms. The number of hydrogen-bond acceptors (Lipinski definition) is 7. The summed E-state index contributed by atoms with van der Waals surface area (Å²) < 4.78 is 17.0. The molecule has 0 atom stereocenters. The van der Waals surface area contributed by atoms with E-state index in [1.807, 2.05) is 0 Å². The molecule has 0 aliphatic rings. The number of nitrogens with zero attached hydrogens (tertiary/aromatic N) is 2. The Hall–Kier alpha value is -3.62. The Bertz CT molecular complexity index is 1120. The number of para-hydroxylation sites is 1. The van der Waals surface area contributed by atoms with Gasteiger partial charge in [-0.2, -0.15) is 0 Å². The van der Waals surface area contributed by atoms with Crippen molar-refractivity contribution in [2.75, 3.05) is 13.2 Å². The minimum Gasteiger partial charge on any atom is -0.463 e. The third-order valence-electron chi connectivity index (χ3n) is 4.42. The summed E-state index contributed by atoms with van der Waals surface area (Å²) in [4.78, 5) is 52.2. The maximum atomic E-state index is 13.6. The van der Waals surface area contributed by atoms with Crippen molar-refractivity contribution in [2.24, 2.45) is 0 Å². The molecule has 2 aromatic rings. The molecule has 1 aromatic heterocycles. The monoisotopic (exact) mass is 486 g/mol. The van der Waals surface area contributed by atoms with E-state index in [9.17, 15) is 19.2 Å². The predicted molar refractivity (Wildman–Crippen MR) is 131 cm³/mol. The van der Waals surface area contributed by atoms with Crippen molar-refractivity contribution in [3.05, 3.63) is 48.2 Å². The number of amides is 2. The van der Waals surface area contributed by atoms with Crippen LogP contribution in [0.1, 0.15) is 65.4 Å². The Morgan fingerprint density at radius 2 is 1.60 bits per heavy atom. The van der Waals surface area contributed by atoms with Crippen LogP contribution in [0.5, 0.6) is 0 Å². The highest BCUT2D eigenvalue weighted by molar-refractivity contribution is 6.08. The quantitative estimate of drug-likeness (QED) is 0.309. The topological polar surface area (TPSA) is 104 Å². The maximum Gasteiger partial charge on any atom is 0.419 e. The molecule has 0 unspecified atom stereocenters. The van der Waals surface area contributed by atoms with Crippen LogP contribution in [0, 0.1) is 0 Å². The number of carbonyl (C=O) groups is 4. The molecule has 1 heterocycles. The van der Waals surface area contributed by atoms with Crippen LogP contribution in [0.2, 0.25) is 0 Å². The van der Waals surface area contributed by atoms with Crippen molar-refractivity contribution in [1.29, 1.82) is 0 Å². The third-order valence-corrected chi connectivity index (χ3v) is 4.42. The van der Waals surface area contributed by atoms with Gasteiger partial charge in [0.05, 0.1) is 12.1 Å². The molecule has 2 amide bonds. The average molecular weight is 487 g/mol. The fourth-order valence-corrected chi connectivity index (χ4v) is 3.12. The summed E-state index contributed by atoms with van der Waals surface area (Å²) in [5.74, 6) is -1.25. The van der Waals surface area contributed by atoms with E-state index >= 15 is 0 Å². The van der Waals surface area contributed by atoms with Gasteiger partial charge in [0.1, 0.15) is 16.9 Å². The molecule has 2 rings (SSSR count). The summed E-state index contributed by atoms with van der Waals surface area (Å²) in [5, 5.41) is 0.632. The Labute approximate surface area is 205 Å². The first-order valence-electron chi connectivity index (χ1n) is 11.5. The number of fused-ring (bicyclic) bond motifs is 1.